The second-order valence-electron chi connectivity index (χ2n) is 8.86. The number of pyridine rings is 1. The zero-order valence-electron chi connectivity index (χ0n) is 21.0. The minimum absolute atomic E-state index is 0.324. The van der Waals surface area contributed by atoms with Crippen LogP contribution in [-0.2, 0) is 32.2 Å². The van der Waals surface area contributed by atoms with E-state index >= 15 is 0 Å². The highest BCUT2D eigenvalue weighted by molar-refractivity contribution is 5.88. The number of aliphatic carboxylic acids is 3. The number of benzene rings is 1. The lowest BCUT2D eigenvalue weighted by atomic mass is 9.96. The number of para-hydroxylation sites is 1. The Labute approximate surface area is 215 Å². The number of carbonyl (C=O) groups is 3. The van der Waals surface area contributed by atoms with Gasteiger partial charge >= 0.3 is 17.9 Å². The molecule has 3 rings (SSSR count). The molecule has 1 saturated heterocycles. The molecule has 0 spiro atoms. The van der Waals surface area contributed by atoms with Crippen LogP contribution in [-0.4, -0.2) is 80.2 Å². The van der Waals surface area contributed by atoms with Gasteiger partial charge in [0, 0.05) is 37.5 Å². The van der Waals surface area contributed by atoms with Crippen LogP contribution < -0.4 is 4.74 Å². The first-order chi connectivity index (χ1) is 17.5. The molecule has 1 aromatic heterocycles. The number of hydrogen-bond donors (Lipinski definition) is 4. The average Bonchev–Trinajstić information content (AvgIpc) is 3.32. The van der Waals surface area contributed by atoms with Crippen LogP contribution in [0.5, 0.6) is 5.75 Å². The Balaban J connectivity index is 0.000000317. The number of carboxylic acids is 3. The fraction of sp³-hybridized carbons (Fsp3) is 0.462. The first kappa shape index (κ1) is 29.7. The second-order valence-corrected chi connectivity index (χ2v) is 8.86. The van der Waals surface area contributed by atoms with Crippen molar-refractivity contribution in [3.05, 3.63) is 59.4 Å². The summed E-state index contributed by atoms with van der Waals surface area (Å²) < 4.78 is 11.4. The summed E-state index contributed by atoms with van der Waals surface area (Å²) in [5.74, 6) is -4.08. The topological polar surface area (TPSA) is 167 Å². The maximum Gasteiger partial charge on any atom is 0.336 e. The molecule has 0 amide bonds. The molecule has 37 heavy (non-hydrogen) atoms. The Kier molecular flexibility index (Phi) is 11.4. The van der Waals surface area contributed by atoms with Gasteiger partial charge in [0.1, 0.15) is 5.75 Å². The van der Waals surface area contributed by atoms with Gasteiger partial charge in [-0.3, -0.25) is 19.5 Å². The van der Waals surface area contributed by atoms with E-state index in [1.165, 1.54) is 5.56 Å². The van der Waals surface area contributed by atoms with E-state index in [4.69, 9.17) is 29.9 Å². The van der Waals surface area contributed by atoms with E-state index < -0.39 is 36.4 Å². The molecule has 0 bridgehead atoms. The number of hydrogen-bond acceptors (Lipinski definition) is 8. The molecule has 1 aliphatic heterocycles. The van der Waals surface area contributed by atoms with Gasteiger partial charge in [-0.25, -0.2) is 4.79 Å². The molecule has 1 aromatic carbocycles. The van der Waals surface area contributed by atoms with Crippen LogP contribution in [0.4, 0.5) is 0 Å². The third-order valence-electron chi connectivity index (χ3n) is 5.69. The molecule has 2 aromatic rings. The largest absolute Gasteiger partial charge is 0.496 e. The zero-order valence-corrected chi connectivity index (χ0v) is 21.0. The second kappa shape index (κ2) is 14.3. The number of carboxylic acid groups (broad SMARTS) is 3. The van der Waals surface area contributed by atoms with Crippen LogP contribution in [0.15, 0.2) is 42.5 Å². The van der Waals surface area contributed by atoms with Crippen molar-refractivity contribution < 1.29 is 44.3 Å². The van der Waals surface area contributed by atoms with Crippen molar-refractivity contribution in [2.75, 3.05) is 20.3 Å². The van der Waals surface area contributed by atoms with Gasteiger partial charge < -0.3 is 29.9 Å². The number of ether oxygens (including phenoxy) is 2. The van der Waals surface area contributed by atoms with Crippen molar-refractivity contribution >= 4 is 17.9 Å². The average molecular weight is 519 g/mol. The Bertz CT molecular complexity index is 1040. The number of methoxy groups -OCH3 is 1. The van der Waals surface area contributed by atoms with Crippen LogP contribution in [0.2, 0.25) is 0 Å². The zero-order chi connectivity index (χ0) is 27.4. The van der Waals surface area contributed by atoms with Crippen molar-refractivity contribution in [2.24, 2.45) is 0 Å². The summed E-state index contributed by atoms with van der Waals surface area (Å²) >= 11 is 0. The molecule has 11 nitrogen and oxygen atoms in total. The highest BCUT2D eigenvalue weighted by Gasteiger charge is 2.40. The predicted octanol–water partition coefficient (Wildman–Crippen LogP) is 2.33. The lowest BCUT2D eigenvalue weighted by molar-refractivity contribution is -0.170. The van der Waals surface area contributed by atoms with Crippen LogP contribution in [0.1, 0.15) is 42.6 Å². The van der Waals surface area contributed by atoms with Gasteiger partial charge in [0.25, 0.3) is 0 Å². The summed E-state index contributed by atoms with van der Waals surface area (Å²) in [6.45, 7) is 5.50. The molecule has 1 atom stereocenters. The molecule has 0 aliphatic carbocycles. The fourth-order valence-electron chi connectivity index (χ4n) is 3.97. The lowest BCUT2D eigenvalue weighted by Gasteiger charge is -2.25. The summed E-state index contributed by atoms with van der Waals surface area (Å²) in [5.41, 5.74) is 0.618. The standard InChI is InChI=1S/C20H26N2O2.C6H8O7/c1-16-7-5-9-18(21-16)14-22(15-19-10-6-12-24-19)13-17-8-3-4-11-20(17)23-2;7-3(8)1-6(13,5(11)12)2-4(9)10/h3-5,7-9,11,19H,6,10,12-15H2,1-2H3;13H,1-2H2,(H,7,8)(H,9,10)(H,11,12). The molecule has 202 valence electrons. The smallest absolute Gasteiger partial charge is 0.336 e. The molecule has 2 heterocycles. The van der Waals surface area contributed by atoms with E-state index in [1.807, 2.05) is 25.1 Å². The van der Waals surface area contributed by atoms with E-state index in [0.717, 1.165) is 56.2 Å². The maximum atomic E-state index is 10.3. The van der Waals surface area contributed by atoms with Crippen molar-refractivity contribution in [1.82, 2.24) is 9.88 Å². The van der Waals surface area contributed by atoms with Gasteiger partial charge in [0.15, 0.2) is 5.60 Å². The monoisotopic (exact) mass is 518 g/mol. The third-order valence-corrected chi connectivity index (χ3v) is 5.69. The quantitative estimate of drug-likeness (QED) is 0.326. The Morgan fingerprint density at radius 1 is 1.05 bits per heavy atom. The van der Waals surface area contributed by atoms with E-state index in [1.54, 1.807) is 7.11 Å². The normalized spacial score (nSPS) is 15.1. The van der Waals surface area contributed by atoms with Crippen molar-refractivity contribution in [3.63, 3.8) is 0 Å². The first-order valence-corrected chi connectivity index (χ1v) is 11.8. The molecular formula is C26H34N2O9. The Hall–Kier alpha value is -3.54. The molecular weight excluding hydrogens is 484 g/mol. The number of aryl methyl sites for hydroxylation is 1. The van der Waals surface area contributed by atoms with Gasteiger partial charge in [-0.05, 0) is 38.0 Å². The third kappa shape index (κ3) is 10.2. The number of nitrogens with zero attached hydrogens (tertiary/aromatic N) is 2. The number of aliphatic hydroxyl groups is 1. The maximum absolute atomic E-state index is 10.3. The summed E-state index contributed by atoms with van der Waals surface area (Å²) in [6, 6.07) is 14.4. The van der Waals surface area contributed by atoms with Crippen molar-refractivity contribution in [3.8, 4) is 5.75 Å². The SMILES string of the molecule is COc1ccccc1CN(Cc1cccc(C)n1)CC1CCCO1.O=C(O)CC(O)(CC(=O)O)C(=O)O. The Morgan fingerprint density at radius 2 is 1.73 bits per heavy atom. The van der Waals surface area contributed by atoms with Gasteiger partial charge in [0.05, 0.1) is 31.7 Å². The van der Waals surface area contributed by atoms with Gasteiger partial charge in [-0.2, -0.15) is 0 Å². The number of aromatic nitrogens is 1. The molecule has 4 N–H and O–H groups in total. The van der Waals surface area contributed by atoms with Gasteiger partial charge in [0.2, 0.25) is 0 Å². The summed E-state index contributed by atoms with van der Waals surface area (Å²) in [7, 11) is 1.73. The summed E-state index contributed by atoms with van der Waals surface area (Å²) in [5, 5.41) is 33.8. The molecule has 11 heteroatoms. The van der Waals surface area contributed by atoms with Crippen LogP contribution in [0.25, 0.3) is 0 Å². The van der Waals surface area contributed by atoms with Crippen LogP contribution >= 0.6 is 0 Å². The lowest BCUT2D eigenvalue weighted by Crippen LogP contribution is -2.42. The van der Waals surface area contributed by atoms with Gasteiger partial charge in [-0.15, -0.1) is 0 Å². The van der Waals surface area contributed by atoms with Crippen molar-refractivity contribution in [2.45, 2.75) is 57.4 Å². The predicted molar refractivity (Wildman–Crippen MR) is 132 cm³/mol. The summed E-state index contributed by atoms with van der Waals surface area (Å²) in [4.78, 5) is 37.6. The summed E-state index contributed by atoms with van der Waals surface area (Å²) in [6.07, 6.45) is 0.340. The fourth-order valence-corrected chi connectivity index (χ4v) is 3.97. The molecule has 0 radical (unpaired) electrons. The molecule has 1 aliphatic rings. The van der Waals surface area contributed by atoms with Gasteiger partial charge in [-0.1, -0.05) is 24.3 Å². The minimum Gasteiger partial charge on any atom is -0.496 e. The molecule has 0 saturated carbocycles. The van der Waals surface area contributed by atoms with E-state index in [-0.39, 0.29) is 0 Å². The van der Waals surface area contributed by atoms with Crippen LogP contribution in [0, 0.1) is 6.92 Å². The first-order valence-electron chi connectivity index (χ1n) is 11.8. The number of rotatable bonds is 12. The molecule has 1 fully saturated rings. The van der Waals surface area contributed by atoms with Crippen LogP contribution in [0.3, 0.4) is 0 Å². The van der Waals surface area contributed by atoms with Crippen molar-refractivity contribution in [1.29, 1.82) is 0 Å². The molecule has 1 unspecified atom stereocenters. The minimum atomic E-state index is -2.74. The highest BCUT2D eigenvalue weighted by atomic mass is 16.5. The van der Waals surface area contributed by atoms with E-state index in [0.29, 0.717) is 6.10 Å². The Morgan fingerprint density at radius 3 is 2.27 bits per heavy atom. The highest BCUT2D eigenvalue weighted by Crippen LogP contribution is 2.22. The van der Waals surface area contributed by atoms with E-state index in [2.05, 4.69) is 34.1 Å². The van der Waals surface area contributed by atoms with E-state index in [9.17, 15) is 14.4 Å².